The van der Waals surface area contributed by atoms with Crippen LogP contribution in [0.3, 0.4) is 0 Å². The molecule has 1 saturated heterocycles. The number of ether oxygens (including phenoxy) is 1. The second kappa shape index (κ2) is 5.08. The van der Waals surface area contributed by atoms with Crippen LogP contribution >= 0.6 is 0 Å². The van der Waals surface area contributed by atoms with Crippen molar-refractivity contribution < 1.29 is 4.74 Å². The van der Waals surface area contributed by atoms with Crippen molar-refractivity contribution in [3.05, 3.63) is 30.1 Å². The lowest BCUT2D eigenvalue weighted by atomic mass is 10.1. The molecular weight excluding hydrogens is 226 g/mol. The van der Waals surface area contributed by atoms with Crippen molar-refractivity contribution in [2.24, 2.45) is 0 Å². The highest BCUT2D eigenvalue weighted by Crippen LogP contribution is 2.18. The summed E-state index contributed by atoms with van der Waals surface area (Å²) in [7, 11) is 0. The number of aromatic amines is 1. The van der Waals surface area contributed by atoms with Crippen LogP contribution in [0.2, 0.25) is 0 Å². The summed E-state index contributed by atoms with van der Waals surface area (Å²) in [5.41, 5.74) is 2.32. The van der Waals surface area contributed by atoms with E-state index in [0.29, 0.717) is 6.10 Å². The van der Waals surface area contributed by atoms with Gasteiger partial charge in [0.2, 0.25) is 0 Å². The fourth-order valence-electron chi connectivity index (χ4n) is 2.62. The van der Waals surface area contributed by atoms with E-state index in [9.17, 15) is 0 Å². The number of nitrogens with zero attached hydrogens (tertiary/aromatic N) is 2. The van der Waals surface area contributed by atoms with Gasteiger partial charge in [0.1, 0.15) is 5.65 Å². The Labute approximate surface area is 107 Å². The van der Waals surface area contributed by atoms with Gasteiger partial charge in [-0.05, 0) is 31.0 Å². The summed E-state index contributed by atoms with van der Waals surface area (Å²) in [6.07, 6.45) is 5.28. The van der Waals surface area contributed by atoms with Crippen molar-refractivity contribution in [3.8, 4) is 0 Å². The van der Waals surface area contributed by atoms with Crippen molar-refractivity contribution in [1.82, 2.24) is 14.9 Å². The molecule has 1 atom stereocenters. The van der Waals surface area contributed by atoms with Crippen molar-refractivity contribution in [2.45, 2.75) is 26.0 Å². The first-order valence-electron chi connectivity index (χ1n) is 6.58. The van der Waals surface area contributed by atoms with Gasteiger partial charge in [0.25, 0.3) is 0 Å². The van der Waals surface area contributed by atoms with E-state index in [1.807, 2.05) is 12.4 Å². The van der Waals surface area contributed by atoms with Gasteiger partial charge >= 0.3 is 0 Å². The van der Waals surface area contributed by atoms with Crippen LogP contribution in [0.5, 0.6) is 0 Å². The first-order chi connectivity index (χ1) is 8.83. The normalized spacial score (nSPS) is 22.2. The molecule has 1 aliphatic rings. The van der Waals surface area contributed by atoms with Gasteiger partial charge in [-0.1, -0.05) is 0 Å². The largest absolute Gasteiger partial charge is 0.377 e. The van der Waals surface area contributed by atoms with Crippen molar-refractivity contribution in [3.63, 3.8) is 0 Å². The van der Waals surface area contributed by atoms with Gasteiger partial charge in [0.15, 0.2) is 0 Å². The maximum absolute atomic E-state index is 5.68. The summed E-state index contributed by atoms with van der Waals surface area (Å²) in [5.74, 6) is 0. The molecule has 18 heavy (non-hydrogen) atoms. The molecule has 0 spiro atoms. The monoisotopic (exact) mass is 245 g/mol. The predicted molar refractivity (Wildman–Crippen MR) is 71.4 cm³/mol. The Balaban J connectivity index is 1.80. The molecule has 3 heterocycles. The van der Waals surface area contributed by atoms with Gasteiger partial charge in [-0.2, -0.15) is 0 Å². The molecule has 3 rings (SSSR count). The number of aromatic nitrogens is 2. The third-order valence-corrected chi connectivity index (χ3v) is 3.48. The van der Waals surface area contributed by atoms with E-state index >= 15 is 0 Å². The van der Waals surface area contributed by atoms with Gasteiger partial charge in [-0.3, -0.25) is 4.90 Å². The van der Waals surface area contributed by atoms with Crippen molar-refractivity contribution in [1.29, 1.82) is 0 Å². The lowest BCUT2D eigenvalue weighted by molar-refractivity contribution is 0.0668. The van der Waals surface area contributed by atoms with Gasteiger partial charge in [-0.25, -0.2) is 4.98 Å². The minimum Gasteiger partial charge on any atom is -0.377 e. The Morgan fingerprint density at radius 2 is 2.44 bits per heavy atom. The van der Waals surface area contributed by atoms with E-state index in [2.05, 4.69) is 33.9 Å². The van der Waals surface area contributed by atoms with Gasteiger partial charge < -0.3 is 9.72 Å². The lowest BCUT2D eigenvalue weighted by Crippen LogP contribution is -2.29. The number of hydrogen-bond acceptors (Lipinski definition) is 3. The van der Waals surface area contributed by atoms with Crippen molar-refractivity contribution in [2.75, 3.05) is 19.7 Å². The maximum Gasteiger partial charge on any atom is 0.137 e. The molecule has 0 bridgehead atoms. The molecule has 0 unspecified atom stereocenters. The lowest BCUT2D eigenvalue weighted by Gasteiger charge is -2.22. The van der Waals surface area contributed by atoms with Crippen LogP contribution in [0.1, 0.15) is 18.9 Å². The summed E-state index contributed by atoms with van der Waals surface area (Å²) < 4.78 is 5.68. The number of pyridine rings is 1. The summed E-state index contributed by atoms with van der Waals surface area (Å²) in [6.45, 7) is 6.13. The Bertz CT molecular complexity index is 522. The highest BCUT2D eigenvalue weighted by molar-refractivity contribution is 5.79. The topological polar surface area (TPSA) is 41.2 Å². The zero-order valence-corrected chi connectivity index (χ0v) is 10.7. The molecule has 0 radical (unpaired) electrons. The third-order valence-electron chi connectivity index (χ3n) is 3.48. The Kier molecular flexibility index (Phi) is 3.30. The zero-order valence-electron chi connectivity index (χ0n) is 10.7. The first-order valence-corrected chi connectivity index (χ1v) is 6.58. The highest BCUT2D eigenvalue weighted by Gasteiger charge is 2.16. The van der Waals surface area contributed by atoms with E-state index in [4.69, 9.17) is 4.74 Å². The minimum absolute atomic E-state index is 0.330. The molecule has 1 N–H and O–H groups in total. The number of fused-ring (bicyclic) bond motifs is 1. The van der Waals surface area contributed by atoms with Crippen LogP contribution in [-0.4, -0.2) is 40.7 Å². The second-order valence-corrected chi connectivity index (χ2v) is 4.98. The molecule has 0 saturated carbocycles. The third kappa shape index (κ3) is 2.40. The Morgan fingerprint density at radius 1 is 1.50 bits per heavy atom. The molecule has 4 heteroatoms. The SMILES string of the molecule is C[C@H]1CN(Cc2ccnc3[nH]ccc23)CCCO1. The second-order valence-electron chi connectivity index (χ2n) is 4.98. The van der Waals surface area contributed by atoms with E-state index < -0.39 is 0 Å². The molecule has 0 aromatic carbocycles. The summed E-state index contributed by atoms with van der Waals surface area (Å²) in [5, 5.41) is 1.23. The number of H-pyrrole nitrogens is 1. The van der Waals surface area contributed by atoms with Crippen LogP contribution in [0.4, 0.5) is 0 Å². The summed E-state index contributed by atoms with van der Waals surface area (Å²) in [4.78, 5) is 9.97. The van der Waals surface area contributed by atoms with E-state index in [-0.39, 0.29) is 0 Å². The Morgan fingerprint density at radius 3 is 3.39 bits per heavy atom. The summed E-state index contributed by atoms with van der Waals surface area (Å²) in [6, 6.07) is 4.22. The van der Waals surface area contributed by atoms with Crippen LogP contribution in [0, 0.1) is 0 Å². The van der Waals surface area contributed by atoms with Crippen molar-refractivity contribution >= 4 is 11.0 Å². The van der Waals surface area contributed by atoms with Crippen LogP contribution in [0.15, 0.2) is 24.5 Å². The van der Waals surface area contributed by atoms with Crippen LogP contribution in [0.25, 0.3) is 11.0 Å². The molecule has 2 aromatic rings. The number of hydrogen-bond donors (Lipinski definition) is 1. The molecule has 1 aliphatic heterocycles. The average Bonchev–Trinajstić information content (AvgIpc) is 2.75. The molecular formula is C14H19N3O. The predicted octanol–water partition coefficient (Wildman–Crippen LogP) is 2.17. The first kappa shape index (κ1) is 11.7. The minimum atomic E-state index is 0.330. The van der Waals surface area contributed by atoms with Crippen LogP contribution in [-0.2, 0) is 11.3 Å². The van der Waals surface area contributed by atoms with Gasteiger partial charge in [0, 0.05) is 44.0 Å². The molecule has 0 aliphatic carbocycles. The highest BCUT2D eigenvalue weighted by atomic mass is 16.5. The summed E-state index contributed by atoms with van der Waals surface area (Å²) >= 11 is 0. The molecule has 96 valence electrons. The average molecular weight is 245 g/mol. The van der Waals surface area contributed by atoms with E-state index in [0.717, 1.165) is 38.3 Å². The quantitative estimate of drug-likeness (QED) is 0.881. The van der Waals surface area contributed by atoms with Crippen LogP contribution < -0.4 is 0 Å². The fourth-order valence-corrected chi connectivity index (χ4v) is 2.62. The molecule has 1 fully saturated rings. The molecule has 2 aromatic heterocycles. The molecule has 4 nitrogen and oxygen atoms in total. The van der Waals surface area contributed by atoms with Gasteiger partial charge in [0.05, 0.1) is 6.10 Å². The number of rotatable bonds is 2. The smallest absolute Gasteiger partial charge is 0.137 e. The van der Waals surface area contributed by atoms with E-state index in [1.165, 1.54) is 10.9 Å². The maximum atomic E-state index is 5.68. The fraction of sp³-hybridized carbons (Fsp3) is 0.500. The van der Waals surface area contributed by atoms with Gasteiger partial charge in [-0.15, -0.1) is 0 Å². The number of nitrogens with one attached hydrogen (secondary N) is 1. The van der Waals surface area contributed by atoms with E-state index in [1.54, 1.807) is 0 Å². The Hall–Kier alpha value is -1.39. The standard InChI is InChI=1S/C14H19N3O/c1-11-9-17(7-2-8-18-11)10-12-3-5-15-14-13(12)4-6-16-14/h3-6,11H,2,7-10H2,1H3,(H,15,16)/t11-/m0/s1. The molecule has 0 amide bonds. The zero-order chi connectivity index (χ0) is 12.4.